The number of fused-ring (bicyclic) bond motifs is 1. The molecule has 0 saturated heterocycles. The van der Waals surface area contributed by atoms with E-state index in [0.29, 0.717) is 11.7 Å². The Bertz CT molecular complexity index is 339. The van der Waals surface area contributed by atoms with Crippen molar-refractivity contribution in [3.05, 3.63) is 29.3 Å². The van der Waals surface area contributed by atoms with Crippen LogP contribution in [0.25, 0.3) is 0 Å². The normalized spacial score (nSPS) is 24.4. The van der Waals surface area contributed by atoms with Crippen molar-refractivity contribution in [2.45, 2.75) is 32.6 Å². The van der Waals surface area contributed by atoms with Crippen LogP contribution in [0, 0.1) is 5.92 Å². The van der Waals surface area contributed by atoms with E-state index in [1.54, 1.807) is 6.07 Å². The van der Waals surface area contributed by atoms with E-state index in [9.17, 15) is 5.11 Å². The quantitative estimate of drug-likeness (QED) is 0.644. The molecule has 0 spiro atoms. The molecule has 1 aliphatic rings. The van der Waals surface area contributed by atoms with E-state index < -0.39 is 0 Å². The van der Waals surface area contributed by atoms with Crippen LogP contribution in [0.4, 0.5) is 0 Å². The minimum Gasteiger partial charge on any atom is -0.508 e. The Morgan fingerprint density at radius 2 is 2.08 bits per heavy atom. The number of aromatic hydroxyl groups is 1. The second kappa shape index (κ2) is 2.50. The summed E-state index contributed by atoms with van der Waals surface area (Å²) in [6.45, 7) is 6.83. The first kappa shape index (κ1) is 8.61. The van der Waals surface area contributed by atoms with Crippen molar-refractivity contribution < 1.29 is 5.11 Å². The summed E-state index contributed by atoms with van der Waals surface area (Å²) in [7, 11) is 0. The van der Waals surface area contributed by atoms with Crippen molar-refractivity contribution >= 4 is 0 Å². The molecule has 0 aliphatic heterocycles. The molecule has 1 atom stereocenters. The molecule has 1 aliphatic carbocycles. The number of phenolic OH excluding ortho intramolecular Hbond substituents is 1. The molecule has 70 valence electrons. The van der Waals surface area contributed by atoms with Crippen LogP contribution in [0.5, 0.6) is 5.75 Å². The minimum absolute atomic E-state index is 0.267. The van der Waals surface area contributed by atoms with Gasteiger partial charge in [-0.1, -0.05) is 26.8 Å². The maximum absolute atomic E-state index is 9.35. The second-order valence-corrected chi connectivity index (χ2v) is 4.67. The Morgan fingerprint density at radius 1 is 1.38 bits per heavy atom. The Balaban J connectivity index is 2.55. The van der Waals surface area contributed by atoms with Gasteiger partial charge in [0.15, 0.2) is 0 Å². The van der Waals surface area contributed by atoms with Gasteiger partial charge in [-0.25, -0.2) is 0 Å². The maximum atomic E-state index is 9.35. The zero-order valence-corrected chi connectivity index (χ0v) is 8.46. The standard InChI is InChI=1S/C12H16O/c1-8-6-9-7-10(13)4-5-11(9)12(8,2)3/h4-5,7-8,13H,6H2,1-3H3. The molecular weight excluding hydrogens is 160 g/mol. The molecule has 1 nitrogen and oxygen atoms in total. The third-order valence-electron chi connectivity index (χ3n) is 3.54. The summed E-state index contributed by atoms with van der Waals surface area (Å²) in [5, 5.41) is 9.35. The zero-order chi connectivity index (χ0) is 9.64. The van der Waals surface area contributed by atoms with Gasteiger partial charge in [-0.05, 0) is 41.0 Å². The van der Waals surface area contributed by atoms with Crippen LogP contribution in [0.1, 0.15) is 31.9 Å². The number of hydrogen-bond acceptors (Lipinski definition) is 1. The molecule has 1 N–H and O–H groups in total. The Morgan fingerprint density at radius 3 is 2.77 bits per heavy atom. The Hall–Kier alpha value is -0.980. The van der Waals surface area contributed by atoms with Crippen molar-refractivity contribution in [3.8, 4) is 5.75 Å². The summed E-state index contributed by atoms with van der Waals surface area (Å²) < 4.78 is 0. The van der Waals surface area contributed by atoms with E-state index in [-0.39, 0.29) is 5.41 Å². The van der Waals surface area contributed by atoms with Gasteiger partial charge < -0.3 is 5.11 Å². The first-order valence-corrected chi connectivity index (χ1v) is 4.84. The fourth-order valence-corrected chi connectivity index (χ4v) is 2.23. The van der Waals surface area contributed by atoms with Crippen molar-refractivity contribution in [3.63, 3.8) is 0 Å². The number of hydrogen-bond donors (Lipinski definition) is 1. The summed E-state index contributed by atoms with van der Waals surface area (Å²) in [5.74, 6) is 1.06. The fourth-order valence-electron chi connectivity index (χ4n) is 2.23. The SMILES string of the molecule is CC1Cc2cc(O)ccc2C1(C)C. The molecule has 1 heteroatoms. The highest BCUT2D eigenvalue weighted by atomic mass is 16.3. The highest BCUT2D eigenvalue weighted by Gasteiger charge is 2.36. The lowest BCUT2D eigenvalue weighted by Gasteiger charge is -2.24. The van der Waals surface area contributed by atoms with E-state index in [1.165, 1.54) is 11.1 Å². The van der Waals surface area contributed by atoms with Gasteiger partial charge in [-0.3, -0.25) is 0 Å². The van der Waals surface area contributed by atoms with Crippen molar-refractivity contribution in [2.24, 2.45) is 5.92 Å². The van der Waals surface area contributed by atoms with Gasteiger partial charge >= 0.3 is 0 Å². The summed E-state index contributed by atoms with van der Waals surface area (Å²) in [5.41, 5.74) is 2.98. The number of benzene rings is 1. The molecule has 1 unspecified atom stereocenters. The molecule has 0 saturated carbocycles. The maximum Gasteiger partial charge on any atom is 0.115 e. The first-order valence-electron chi connectivity index (χ1n) is 4.84. The molecule has 1 aromatic carbocycles. The summed E-state index contributed by atoms with van der Waals surface area (Å²) in [4.78, 5) is 0. The van der Waals surface area contributed by atoms with Crippen molar-refractivity contribution in [2.75, 3.05) is 0 Å². The van der Waals surface area contributed by atoms with Crippen LogP contribution in [0.3, 0.4) is 0 Å². The van der Waals surface area contributed by atoms with Gasteiger partial charge in [0.1, 0.15) is 5.75 Å². The van der Waals surface area contributed by atoms with E-state index in [0.717, 1.165) is 6.42 Å². The van der Waals surface area contributed by atoms with Crippen LogP contribution in [0.2, 0.25) is 0 Å². The predicted molar refractivity (Wildman–Crippen MR) is 54.0 cm³/mol. The van der Waals surface area contributed by atoms with E-state index in [1.807, 2.05) is 6.07 Å². The average Bonchev–Trinajstić information content (AvgIpc) is 2.23. The van der Waals surface area contributed by atoms with Crippen LogP contribution in [0.15, 0.2) is 18.2 Å². The third kappa shape index (κ3) is 1.14. The number of phenols is 1. The Labute approximate surface area is 79.4 Å². The van der Waals surface area contributed by atoms with Crippen LogP contribution in [-0.2, 0) is 11.8 Å². The van der Waals surface area contributed by atoms with Crippen LogP contribution < -0.4 is 0 Å². The largest absolute Gasteiger partial charge is 0.508 e. The van der Waals surface area contributed by atoms with Crippen LogP contribution >= 0.6 is 0 Å². The van der Waals surface area contributed by atoms with Crippen LogP contribution in [-0.4, -0.2) is 5.11 Å². The molecule has 0 aromatic heterocycles. The lowest BCUT2D eigenvalue weighted by atomic mass is 9.80. The van der Waals surface area contributed by atoms with Gasteiger partial charge in [-0.15, -0.1) is 0 Å². The molecule has 13 heavy (non-hydrogen) atoms. The summed E-state index contributed by atoms with van der Waals surface area (Å²) >= 11 is 0. The first-order chi connectivity index (χ1) is 6.01. The van der Waals surface area contributed by atoms with Gasteiger partial charge in [-0.2, -0.15) is 0 Å². The van der Waals surface area contributed by atoms with Crippen molar-refractivity contribution in [1.82, 2.24) is 0 Å². The van der Waals surface area contributed by atoms with Gasteiger partial charge in [0, 0.05) is 0 Å². The molecule has 2 rings (SSSR count). The molecule has 0 amide bonds. The molecular formula is C12H16O. The Kier molecular flexibility index (Phi) is 1.66. The molecule has 0 radical (unpaired) electrons. The average molecular weight is 176 g/mol. The fraction of sp³-hybridized carbons (Fsp3) is 0.500. The van der Waals surface area contributed by atoms with Gasteiger partial charge in [0.25, 0.3) is 0 Å². The van der Waals surface area contributed by atoms with Crippen molar-refractivity contribution in [1.29, 1.82) is 0 Å². The van der Waals surface area contributed by atoms with Gasteiger partial charge in [0.2, 0.25) is 0 Å². The molecule has 0 bridgehead atoms. The lowest BCUT2D eigenvalue weighted by Crippen LogP contribution is -2.21. The highest BCUT2D eigenvalue weighted by Crippen LogP contribution is 2.43. The monoisotopic (exact) mass is 176 g/mol. The minimum atomic E-state index is 0.267. The molecule has 0 fully saturated rings. The zero-order valence-electron chi connectivity index (χ0n) is 8.46. The smallest absolute Gasteiger partial charge is 0.115 e. The van der Waals surface area contributed by atoms with E-state index >= 15 is 0 Å². The second-order valence-electron chi connectivity index (χ2n) is 4.67. The summed E-state index contributed by atoms with van der Waals surface area (Å²) in [6, 6.07) is 5.76. The highest BCUT2D eigenvalue weighted by molar-refractivity contribution is 5.43. The predicted octanol–water partition coefficient (Wildman–Crippen LogP) is 2.86. The summed E-state index contributed by atoms with van der Waals surface area (Å²) in [6.07, 6.45) is 1.09. The third-order valence-corrected chi connectivity index (χ3v) is 3.54. The number of rotatable bonds is 0. The van der Waals surface area contributed by atoms with E-state index in [4.69, 9.17) is 0 Å². The van der Waals surface area contributed by atoms with Gasteiger partial charge in [0.05, 0.1) is 0 Å². The molecule has 1 aromatic rings. The lowest BCUT2D eigenvalue weighted by molar-refractivity contribution is 0.379. The van der Waals surface area contributed by atoms with E-state index in [2.05, 4.69) is 26.8 Å². The molecule has 0 heterocycles. The topological polar surface area (TPSA) is 20.2 Å².